The summed E-state index contributed by atoms with van der Waals surface area (Å²) in [6, 6.07) is 50.3. The molecule has 4 aliphatic heterocycles. The van der Waals surface area contributed by atoms with E-state index < -0.39 is 150 Å². The van der Waals surface area contributed by atoms with Gasteiger partial charge in [-0.05, 0) is 283 Å². The highest BCUT2D eigenvalue weighted by Gasteiger charge is 2.51. The maximum Gasteiger partial charge on any atom is 0.501 e. The second-order valence-electron chi connectivity index (χ2n) is 39.6. The van der Waals surface area contributed by atoms with Gasteiger partial charge in [0.1, 0.15) is 16.9 Å². The molecule has 0 unspecified atom stereocenters. The van der Waals surface area contributed by atoms with Crippen molar-refractivity contribution in [1.82, 2.24) is 29.0 Å². The van der Waals surface area contributed by atoms with Crippen molar-refractivity contribution in [1.29, 1.82) is 0 Å². The number of sulfonamides is 2. The minimum absolute atomic E-state index is 0. The maximum absolute atomic E-state index is 14.3. The van der Waals surface area contributed by atoms with E-state index in [0.717, 1.165) is 136 Å². The number of benzene rings is 8. The summed E-state index contributed by atoms with van der Waals surface area (Å²) in [6.07, 6.45) is 7.19. The van der Waals surface area contributed by atoms with E-state index in [2.05, 4.69) is 87.1 Å². The number of esters is 1. The first-order valence-corrected chi connectivity index (χ1v) is 61.4. The fourth-order valence-electron chi connectivity index (χ4n) is 18.4. The number of anilines is 4. The number of nitrogens with one attached hydrogen (secondary N) is 4. The quantitative estimate of drug-likeness (QED) is 0.00776. The van der Waals surface area contributed by atoms with E-state index in [-0.39, 0.29) is 55.3 Å². The highest BCUT2D eigenvalue weighted by Crippen LogP contribution is 2.47. The zero-order valence-electron chi connectivity index (χ0n) is 82.4. The molecule has 0 aromatic heterocycles. The van der Waals surface area contributed by atoms with E-state index >= 15 is 0 Å². The molecule has 4 saturated heterocycles. The molecule has 2 amide bonds. The van der Waals surface area contributed by atoms with E-state index in [9.17, 15) is 93.4 Å². The highest BCUT2D eigenvalue weighted by molar-refractivity contribution is 7.99. The molecule has 2 aliphatic carbocycles. The molecule has 8 aromatic carbocycles. The lowest BCUT2D eigenvalue weighted by molar-refractivity contribution is -0.148. The van der Waals surface area contributed by atoms with E-state index in [4.69, 9.17) is 42.8 Å². The van der Waals surface area contributed by atoms with Crippen LogP contribution in [0.4, 0.5) is 49.1 Å². The van der Waals surface area contributed by atoms with Gasteiger partial charge in [0.15, 0.2) is 6.35 Å². The van der Waals surface area contributed by atoms with Gasteiger partial charge in [-0.25, -0.2) is 43.1 Å². The molecule has 2 atom stereocenters. The van der Waals surface area contributed by atoms with Gasteiger partial charge >= 0.3 is 30.6 Å². The van der Waals surface area contributed by atoms with Crippen LogP contribution >= 0.6 is 61.5 Å². The Morgan fingerprint density at radius 2 is 0.826 bits per heavy atom. The van der Waals surface area contributed by atoms with Gasteiger partial charge in [0.25, 0.3) is 51.5 Å². The van der Waals surface area contributed by atoms with Crippen LogP contribution in [0.5, 0.6) is 0 Å². The number of thioether (sulfide) groups is 2. The predicted octanol–water partition coefficient (Wildman–Crippen LogP) is 20.0. The van der Waals surface area contributed by atoms with Crippen LogP contribution in [0.2, 0.25) is 10.0 Å². The first kappa shape index (κ1) is 122. The molecule has 0 saturated carbocycles. The van der Waals surface area contributed by atoms with E-state index in [1.165, 1.54) is 81.2 Å². The van der Waals surface area contributed by atoms with Crippen molar-refractivity contribution in [3.63, 3.8) is 0 Å². The van der Waals surface area contributed by atoms with Gasteiger partial charge in [-0.3, -0.25) is 33.5 Å². The van der Waals surface area contributed by atoms with Gasteiger partial charge in [0.05, 0.1) is 39.3 Å². The number of aliphatic hydroxyl groups is 1. The number of hydrogen-bond acceptors (Lipinski definition) is 26. The summed E-state index contributed by atoms with van der Waals surface area (Å²) in [4.78, 5) is 79.4. The normalized spacial score (nSPS) is 17.7. The number of allylic oxidation sites excluding steroid dienone is 2. The third-order valence-corrected chi connectivity index (χ3v) is 36.4. The minimum atomic E-state index is -6.16. The number of aliphatic hydroxyl groups excluding tert-OH is 1. The molecule has 8 aromatic rings. The van der Waals surface area contributed by atoms with E-state index in [1.807, 2.05) is 87.1 Å². The number of sulfone groups is 2. The van der Waals surface area contributed by atoms with Crippen molar-refractivity contribution in [2.75, 3.05) is 163 Å². The summed E-state index contributed by atoms with van der Waals surface area (Å²) in [5.74, 6) is -4.20. The number of piperidine rings is 2. The van der Waals surface area contributed by atoms with Gasteiger partial charge in [-0.1, -0.05) is 138 Å². The molecule has 14 rings (SSSR count). The second kappa shape index (κ2) is 52.9. The molecule has 6 aliphatic rings. The van der Waals surface area contributed by atoms with Crippen molar-refractivity contribution < 1.29 is 113 Å². The van der Waals surface area contributed by atoms with Crippen LogP contribution in [0.15, 0.2) is 235 Å². The monoisotopic (exact) mass is 2260 g/mol. The second-order valence-corrected chi connectivity index (χ2v) is 54.9. The largest absolute Gasteiger partial charge is 0.501 e. The number of carbonyl (C=O) groups excluding carboxylic acids is 3. The average molecular weight is 2270 g/mol. The molecule has 8 N–H and O–H groups in total. The minimum Gasteiger partial charge on any atom is -0.481 e. The Hall–Kier alpha value is -8.84. The number of aliphatic carboxylic acids is 1. The molecule has 4 fully saturated rings. The van der Waals surface area contributed by atoms with Crippen LogP contribution in [-0.4, -0.2) is 262 Å². The Bertz CT molecular complexity index is 6560. The fourth-order valence-corrected chi connectivity index (χ4v) is 25.0. The van der Waals surface area contributed by atoms with Crippen LogP contribution in [0, 0.1) is 22.7 Å². The number of rotatable bonds is 37. The van der Waals surface area contributed by atoms with Gasteiger partial charge < -0.3 is 59.5 Å². The van der Waals surface area contributed by atoms with Crippen molar-refractivity contribution >= 4 is 159 Å². The number of ether oxygens (including phenoxy) is 1. The smallest absolute Gasteiger partial charge is 0.481 e. The Labute approximate surface area is 889 Å². The third-order valence-electron chi connectivity index (χ3n) is 26.7. The van der Waals surface area contributed by atoms with Crippen LogP contribution < -0.4 is 29.9 Å². The molecular weight excluding hydrogens is 2130 g/mol. The number of piperazine rings is 2. The van der Waals surface area contributed by atoms with Crippen LogP contribution in [0.3, 0.4) is 0 Å². The van der Waals surface area contributed by atoms with Gasteiger partial charge in [-0.2, -0.15) is 26.3 Å². The molecule has 0 bridgehead atoms. The molecule has 0 spiro atoms. The lowest BCUT2D eigenvalue weighted by Gasteiger charge is -2.39. The van der Waals surface area contributed by atoms with Crippen molar-refractivity contribution in [2.45, 2.75) is 172 Å². The van der Waals surface area contributed by atoms with E-state index in [0.29, 0.717) is 112 Å². The molecule has 816 valence electrons. The standard InChI is InChI=1S/C50H60ClF3N5O10PS3.C49H57ClF3N5O7S3.C3H9O2P.2CH4/c1-49(2)22-18-44(35-8-12-39(51)13-9-35)38(31-49)32-58-26-28-59(29-27-58)41-14-10-36(11-15-41)47(60)56-73(67,68)43-16-17-45(46(30-43)72(65,66)50(52,53)54)55-40(33-71-42-6-4-3-5-7-42)21-25-57-23-19-37(20-24-57)48(61)69-34-70(62,63)64;1-48(2)22-18-43(34-8-12-38(50)13-9-34)37(31-48)32-57-26-28-58(29-27-57)40-14-10-35(11-15-40)46(59)55-68(64,65)42-16-17-44(45(30-42)67(62,63)49(51,52)53)54-39(33-66-41-6-4-3-5-7-41)21-25-56-23-19-36(20-24-56)47(60)61;1-6(2,5)3-4;;/h3-17,30,37,40,55H,18-29,31-34H2,1-2H3,(H,56,60)(H2,62,63,64);3-17,30,36,39,54H,18-29,31-33H2,1-2H3,(H,55,59)(H,60,61);4H,3H2,1-2H3;2*1H4/t40-;39-;;;/m11.../s1. The van der Waals surface area contributed by atoms with Crippen LogP contribution in [0.25, 0.3) is 11.1 Å². The van der Waals surface area contributed by atoms with Crippen molar-refractivity contribution in [2.24, 2.45) is 22.7 Å². The Kier molecular flexibility index (Phi) is 43.3. The van der Waals surface area contributed by atoms with Gasteiger partial charge in [-0.15, -0.1) is 23.5 Å². The zero-order valence-corrected chi connectivity index (χ0v) is 90.6. The average Bonchev–Trinajstić information content (AvgIpc) is 0.761. The molecular formula is C104H134Cl2F6N10O19P2S6. The van der Waals surface area contributed by atoms with Crippen LogP contribution in [0.1, 0.15) is 151 Å². The zero-order chi connectivity index (χ0) is 107. The lowest BCUT2D eigenvalue weighted by atomic mass is 9.72. The summed E-state index contributed by atoms with van der Waals surface area (Å²) >= 11 is 15.1. The van der Waals surface area contributed by atoms with E-state index in [1.54, 1.807) is 49.7 Å². The first-order valence-electron chi connectivity index (χ1n) is 48.2. The summed E-state index contributed by atoms with van der Waals surface area (Å²) in [5.41, 5.74) is -2.53. The predicted molar refractivity (Wildman–Crippen MR) is 578 cm³/mol. The van der Waals surface area contributed by atoms with Crippen molar-refractivity contribution in [3.8, 4) is 0 Å². The highest BCUT2D eigenvalue weighted by atomic mass is 35.5. The number of halogens is 8. The number of carbonyl (C=O) groups is 4. The summed E-state index contributed by atoms with van der Waals surface area (Å²) in [7, 11) is -28.7. The Morgan fingerprint density at radius 1 is 0.483 bits per heavy atom. The molecule has 29 nitrogen and oxygen atoms in total. The number of amides is 2. The Balaban J connectivity index is 0.000000286. The van der Waals surface area contributed by atoms with Crippen LogP contribution in [-0.2, 0) is 63.2 Å². The topological polar surface area (TPSA) is 397 Å². The number of carboxylic acid groups (broad SMARTS) is 1. The number of likely N-dealkylation sites (tertiary alicyclic amines) is 2. The third kappa shape index (κ3) is 35.3. The molecule has 0 radical (unpaired) electrons. The lowest BCUT2D eigenvalue weighted by Crippen LogP contribution is -2.47. The fraction of sp³-hybridized carbons (Fsp3) is 0.462. The summed E-state index contributed by atoms with van der Waals surface area (Å²) in [5, 5.41) is 24.8. The van der Waals surface area contributed by atoms with Gasteiger partial charge in [0.2, 0.25) is 0 Å². The number of nitrogens with zero attached hydrogens (tertiary/aromatic N) is 6. The summed E-state index contributed by atoms with van der Waals surface area (Å²) < 4.78 is 223. The number of alkyl halides is 6. The van der Waals surface area contributed by atoms with Gasteiger partial charge in [0, 0.05) is 144 Å². The number of hydrogen-bond donors (Lipinski definition) is 8. The molecule has 149 heavy (non-hydrogen) atoms. The SMILES string of the molecule is C.C.CC1(C)CCC(c2ccc(Cl)cc2)=C(CN2CCN(c3ccc(C(=O)NS(=O)(=O)c4ccc(N[C@H](CCN5CCC(C(=O)O)CC5)CSc5ccccc5)c(S(=O)(=O)C(F)(F)F)c4)cc3)CC2)C1.CC1(C)CCC(c2ccc(Cl)cc2)=C(CN2CCN(c3ccc(C(=O)NS(=O)(=O)c4ccc(N[C@H](CCN5CCC(C(=O)OCP(=O)(O)O)CC5)CSc5ccccc5)c(S(=O)(=O)C(F)(F)F)c4)cc3)CC2)C1.CP(C)(=O)CO. The van der Waals surface area contributed by atoms with Crippen molar-refractivity contribution in [3.05, 3.63) is 238 Å². The molecule has 4 heterocycles. The summed E-state index contributed by atoms with van der Waals surface area (Å²) in [6.45, 7) is 22.7. The first-order chi connectivity index (χ1) is 69.1. The molecule has 45 heteroatoms. The number of carboxylic acids is 1. The maximum atomic E-state index is 14.3. The Morgan fingerprint density at radius 3 is 1.15 bits per heavy atom.